The van der Waals surface area contributed by atoms with Crippen LogP contribution in [0.25, 0.3) is 0 Å². The minimum absolute atomic E-state index is 0. The summed E-state index contributed by atoms with van der Waals surface area (Å²) >= 11 is 0. The average Bonchev–Trinajstić information content (AvgIpc) is 0. The van der Waals surface area contributed by atoms with E-state index in [9.17, 15) is 0 Å². The minimum atomic E-state index is 0. The lowest BCUT2D eigenvalue weighted by molar-refractivity contribution is 2.50. The topological polar surface area (TPSA) is 0 Å². The van der Waals surface area contributed by atoms with Crippen LogP contribution in [0.2, 0.25) is 0 Å². The first-order valence-electron chi connectivity index (χ1n) is 0. The van der Waals surface area contributed by atoms with Crippen LogP contribution >= 0.6 is 0 Å². The quantitative estimate of drug-likeness (QED) is 0.227. The Morgan fingerprint density at radius 3 is 0.0119 bits per heavy atom. The van der Waals surface area contributed by atoms with E-state index in [1.54, 1.807) is 0 Å². The lowest BCUT2D eigenvalue weighted by Crippen LogP contribution is 0.143. The van der Waals surface area contributed by atoms with Crippen LogP contribution in [0, 0.1) is 0 Å². The van der Waals surface area contributed by atoms with Crippen LogP contribution in [0.1, 0.15) is 624 Å². The Balaban J connectivity index is 0. The van der Waals surface area contributed by atoms with Crippen LogP contribution < -0.4 is 0 Å². The van der Waals surface area contributed by atoms with E-state index in [2.05, 4.69) is 0 Å². The van der Waals surface area contributed by atoms with Crippen molar-refractivity contribution in [2.45, 2.75) is 624 Å². The third kappa shape index (κ3) is 0. The molecule has 0 saturated heterocycles. The summed E-state index contributed by atoms with van der Waals surface area (Å²) < 4.78 is 0. The zero-order chi connectivity index (χ0) is 0. The number of hydrogen-bond acceptors (Lipinski definition) is 0. The predicted octanol–water partition coefficient (Wildman–Crippen LogP) is 53.4. The summed E-state index contributed by atoms with van der Waals surface area (Å²) in [5, 5.41) is 0. The van der Waals surface area contributed by atoms with Gasteiger partial charge in [0.2, 0.25) is 0 Å². The molecular formula is C84H336. The lowest BCUT2D eigenvalue weighted by Gasteiger charge is -0.0786. The van der Waals surface area contributed by atoms with E-state index in [-0.39, 0.29) is 624 Å². The molecule has 84 heavy (non-hydrogen) atoms. The van der Waals surface area contributed by atoms with Crippen molar-refractivity contribution in [1.29, 1.82) is 0 Å². The van der Waals surface area contributed by atoms with Gasteiger partial charge in [-0.1, -0.05) is 624 Å². The van der Waals surface area contributed by atoms with Crippen molar-refractivity contribution in [3.8, 4) is 0 Å². The molecule has 0 bridgehead atoms. The van der Waals surface area contributed by atoms with Crippen molar-refractivity contribution in [2.24, 2.45) is 0 Å². The Hall–Kier alpha value is 0. The minimum Gasteiger partial charge on any atom is -0.0776 e. The Morgan fingerprint density at radius 1 is 0.0119 bits per heavy atom. The second-order valence-corrected chi connectivity index (χ2v) is 0. The maximum absolute atomic E-state index is 0. The third-order valence-electron chi connectivity index (χ3n) is 0. The van der Waals surface area contributed by atoms with Crippen LogP contribution in [-0.4, -0.2) is 0 Å². The molecule has 0 saturated carbocycles. The predicted molar refractivity (Wildman–Crippen MR) is 565 cm³/mol. The average molecular weight is 1350 g/mol. The van der Waals surface area contributed by atoms with Gasteiger partial charge in [-0.3, -0.25) is 0 Å². The molecule has 0 aromatic rings. The van der Waals surface area contributed by atoms with Gasteiger partial charge in [0.25, 0.3) is 0 Å². The van der Waals surface area contributed by atoms with Gasteiger partial charge in [0.1, 0.15) is 0 Å². The molecule has 0 nitrogen and oxygen atoms in total. The first kappa shape index (κ1) is 0. The molecule has 672 valence electrons. The van der Waals surface area contributed by atoms with Crippen molar-refractivity contribution in [2.75, 3.05) is 0 Å². The van der Waals surface area contributed by atoms with Gasteiger partial charge in [0.15, 0.2) is 0 Å². The summed E-state index contributed by atoms with van der Waals surface area (Å²) in [5.41, 5.74) is 0. The lowest BCUT2D eigenvalue weighted by atomic mass is 12.0. The highest BCUT2D eigenvalue weighted by atomic mass is 12.1. The van der Waals surface area contributed by atoms with Gasteiger partial charge >= 0.3 is 0 Å². The number of hydrogen-bond donors (Lipinski definition) is 0. The molecule has 0 unspecified atom stereocenters. The van der Waals surface area contributed by atoms with E-state index >= 15 is 0 Å². The molecular weight excluding hydrogens is 1010 g/mol. The van der Waals surface area contributed by atoms with E-state index in [0.29, 0.717) is 0 Å². The zero-order valence-electron chi connectivity index (χ0n) is 0. The summed E-state index contributed by atoms with van der Waals surface area (Å²) in [4.78, 5) is 0. The molecule has 0 rings (SSSR count). The Morgan fingerprint density at radius 2 is 0.0119 bits per heavy atom. The molecule has 0 spiro atoms. The Labute approximate surface area is 621 Å². The molecule has 0 aromatic heterocycles. The fourth-order valence-corrected chi connectivity index (χ4v) is 0. The smallest absolute Gasteiger partial charge is 0.0776 e. The SMILES string of the molecule is C.C.C.C.C.C.C.C.C.C.C.C.C.C.C.C.C.C.C.C.C.C.C.C.C.C.C.C.C.C.C.C.C.C.C.C.C.C.C.C.C.C.C.C.C.C.C.C.C.C.C.C.C.C.C.C.C.C.C.C.C.C.C.C.C.C.C.C.C.C.C.C.C.C.C.C.C.C.C.C.C.C.C.C. The monoisotopic (exact) mass is 1350 g/mol. The highest BCUT2D eigenvalue weighted by Crippen LogP contribution is 0.227. The van der Waals surface area contributed by atoms with Gasteiger partial charge in [-0.25, -0.2) is 0 Å². The van der Waals surface area contributed by atoms with Crippen LogP contribution in [0.15, 0.2) is 0 Å². The molecule has 0 fully saturated rings. The van der Waals surface area contributed by atoms with Crippen LogP contribution in [-0.2, 0) is 0 Å². The van der Waals surface area contributed by atoms with E-state index in [4.69, 9.17) is 0 Å². The summed E-state index contributed by atoms with van der Waals surface area (Å²) in [6, 6.07) is 0. The van der Waals surface area contributed by atoms with Crippen molar-refractivity contribution in [3.05, 3.63) is 0 Å². The van der Waals surface area contributed by atoms with Gasteiger partial charge in [0, 0.05) is 0 Å². The Bertz CT molecular complexity index is 0. The zero-order valence-corrected chi connectivity index (χ0v) is 0. The molecule has 0 aliphatic carbocycles. The van der Waals surface area contributed by atoms with Crippen LogP contribution in [0.3, 0.4) is 0 Å². The standard InChI is InChI=1S/84CH4/h84*1H4. The van der Waals surface area contributed by atoms with Crippen LogP contribution in [0.4, 0.5) is 0 Å². The summed E-state index contributed by atoms with van der Waals surface area (Å²) in [7, 11) is 0. The van der Waals surface area contributed by atoms with Gasteiger partial charge in [-0.15, -0.1) is 0 Å². The fraction of sp³-hybridized carbons (Fsp3) is 1.00. The first-order valence-corrected chi connectivity index (χ1v) is 0. The summed E-state index contributed by atoms with van der Waals surface area (Å²) in [6.45, 7) is 0. The van der Waals surface area contributed by atoms with E-state index in [1.807, 2.05) is 0 Å². The van der Waals surface area contributed by atoms with Gasteiger partial charge in [-0.05, 0) is 0 Å². The van der Waals surface area contributed by atoms with Crippen molar-refractivity contribution < 1.29 is 0 Å². The number of rotatable bonds is 0. The maximum atomic E-state index is 0. The van der Waals surface area contributed by atoms with Crippen LogP contribution in [0.5, 0.6) is 0 Å². The normalized spacial score (nSPS) is 0. The van der Waals surface area contributed by atoms with Crippen molar-refractivity contribution in [1.82, 2.24) is 0 Å². The molecule has 0 radical (unpaired) electrons. The maximum Gasteiger partial charge on any atom is -0.0776 e. The second kappa shape index (κ2) is 0. The Kier molecular flexibility index (Phi) is 0. The third-order valence-corrected chi connectivity index (χ3v) is 0. The highest BCUT2D eigenvalue weighted by Gasteiger charge is 0.00544. The molecule has 0 aromatic carbocycles. The second-order valence-electron chi connectivity index (χ2n) is 0. The molecule has 0 amide bonds. The van der Waals surface area contributed by atoms with E-state index in [1.165, 1.54) is 0 Å². The summed E-state index contributed by atoms with van der Waals surface area (Å²) in [5.74, 6) is 0. The fourth-order valence-electron chi connectivity index (χ4n) is 0. The summed E-state index contributed by atoms with van der Waals surface area (Å²) in [6.07, 6.45) is 0. The van der Waals surface area contributed by atoms with Gasteiger partial charge < -0.3 is 0 Å². The van der Waals surface area contributed by atoms with E-state index in [0.717, 1.165) is 0 Å². The van der Waals surface area contributed by atoms with Crippen molar-refractivity contribution >= 4 is 0 Å². The van der Waals surface area contributed by atoms with E-state index < -0.39 is 0 Å². The molecule has 0 heteroatoms. The van der Waals surface area contributed by atoms with Gasteiger partial charge in [-0.2, -0.15) is 0 Å². The largest absolute Gasteiger partial charge is 0.0776 e. The molecule has 0 N–H and O–H groups in total. The highest BCUT2D eigenvalue weighted by molar-refractivity contribution is 2.59. The molecule has 0 aliphatic rings. The van der Waals surface area contributed by atoms with Gasteiger partial charge in [0.05, 0.1) is 0 Å². The molecule has 0 aliphatic heterocycles. The van der Waals surface area contributed by atoms with Crippen molar-refractivity contribution in [3.63, 3.8) is 0 Å². The molecule has 0 heterocycles. The molecule has 0 atom stereocenters. The first-order chi connectivity index (χ1) is 0.